The topological polar surface area (TPSA) is 93.7 Å². The minimum atomic E-state index is -3.72. The van der Waals surface area contributed by atoms with Crippen molar-refractivity contribution in [1.82, 2.24) is 4.72 Å². The van der Waals surface area contributed by atoms with Crippen LogP contribution < -0.4 is 19.5 Å². The van der Waals surface area contributed by atoms with E-state index in [9.17, 15) is 13.2 Å². The molecule has 0 saturated carbocycles. The molecular formula is C20H24N2O5S. The Morgan fingerprint density at radius 3 is 2.46 bits per heavy atom. The molecule has 1 amide bonds. The average molecular weight is 404 g/mol. The second kappa shape index (κ2) is 9.91. The van der Waals surface area contributed by atoms with Crippen LogP contribution in [0.4, 0.5) is 5.69 Å². The Labute approximate surface area is 165 Å². The number of ether oxygens (including phenoxy) is 2. The van der Waals surface area contributed by atoms with Crippen LogP contribution in [0.3, 0.4) is 0 Å². The van der Waals surface area contributed by atoms with Crippen molar-refractivity contribution in [2.24, 2.45) is 0 Å². The zero-order valence-corrected chi connectivity index (χ0v) is 16.7. The van der Waals surface area contributed by atoms with Gasteiger partial charge in [0, 0.05) is 23.9 Å². The Bertz CT molecular complexity index is 941. The van der Waals surface area contributed by atoms with Crippen molar-refractivity contribution in [2.75, 3.05) is 25.1 Å². The summed E-state index contributed by atoms with van der Waals surface area (Å²) in [6.07, 6.45) is 1.44. The molecule has 7 nitrogen and oxygen atoms in total. The van der Waals surface area contributed by atoms with Gasteiger partial charge < -0.3 is 14.8 Å². The van der Waals surface area contributed by atoms with Crippen LogP contribution in [0.5, 0.6) is 11.5 Å². The molecule has 28 heavy (non-hydrogen) atoms. The lowest BCUT2D eigenvalue weighted by Gasteiger charge is -2.13. The molecule has 8 heteroatoms. The van der Waals surface area contributed by atoms with E-state index in [4.69, 9.17) is 9.47 Å². The second-order valence-corrected chi connectivity index (χ2v) is 7.42. The molecule has 2 aromatic rings. The van der Waals surface area contributed by atoms with Gasteiger partial charge in [0.2, 0.25) is 10.0 Å². The molecule has 0 aromatic heterocycles. The number of benzene rings is 2. The van der Waals surface area contributed by atoms with Crippen molar-refractivity contribution in [3.05, 3.63) is 60.7 Å². The summed E-state index contributed by atoms with van der Waals surface area (Å²) in [5.41, 5.74) is 0.725. The first-order chi connectivity index (χ1) is 13.4. The fraction of sp³-hybridized carbons (Fsp3) is 0.250. The highest BCUT2D eigenvalue weighted by atomic mass is 32.2. The maximum atomic E-state index is 12.6. The van der Waals surface area contributed by atoms with Gasteiger partial charge in [-0.25, -0.2) is 13.1 Å². The fourth-order valence-electron chi connectivity index (χ4n) is 2.39. The van der Waals surface area contributed by atoms with Gasteiger partial charge in [-0.15, -0.1) is 6.58 Å². The number of carbonyl (C=O) groups is 1. The average Bonchev–Trinajstić information content (AvgIpc) is 2.69. The van der Waals surface area contributed by atoms with Gasteiger partial charge in [0.15, 0.2) is 11.5 Å². The second-order valence-electron chi connectivity index (χ2n) is 5.65. The van der Waals surface area contributed by atoms with Crippen molar-refractivity contribution in [1.29, 1.82) is 0 Å². The molecule has 0 spiro atoms. The molecule has 0 atom stereocenters. The predicted octanol–water partition coefficient (Wildman–Crippen LogP) is 3.20. The molecular weight excluding hydrogens is 380 g/mol. The van der Waals surface area contributed by atoms with Crippen LogP contribution in [0.15, 0.2) is 60.0 Å². The molecule has 2 aromatic carbocycles. The summed E-state index contributed by atoms with van der Waals surface area (Å²) < 4.78 is 37.9. The van der Waals surface area contributed by atoms with E-state index in [-0.39, 0.29) is 17.0 Å². The van der Waals surface area contributed by atoms with Gasteiger partial charge >= 0.3 is 0 Å². The summed E-state index contributed by atoms with van der Waals surface area (Å²) in [6, 6.07) is 10.9. The number of nitrogens with one attached hydrogen (secondary N) is 2. The van der Waals surface area contributed by atoms with Crippen LogP contribution in [0.1, 0.15) is 24.2 Å². The molecule has 0 aliphatic rings. The monoisotopic (exact) mass is 404 g/mol. The van der Waals surface area contributed by atoms with Gasteiger partial charge in [-0.1, -0.05) is 12.1 Å². The summed E-state index contributed by atoms with van der Waals surface area (Å²) in [5.74, 6) is 0.670. The van der Waals surface area contributed by atoms with Crippen LogP contribution in [0, 0.1) is 0 Å². The number of amides is 1. The quantitative estimate of drug-likeness (QED) is 0.593. The highest BCUT2D eigenvalue weighted by molar-refractivity contribution is 7.89. The van der Waals surface area contributed by atoms with Crippen LogP contribution in [0.2, 0.25) is 0 Å². The molecule has 2 N–H and O–H groups in total. The summed E-state index contributed by atoms with van der Waals surface area (Å²) >= 11 is 0. The van der Waals surface area contributed by atoms with E-state index >= 15 is 0 Å². The zero-order valence-electron chi connectivity index (χ0n) is 15.9. The van der Waals surface area contributed by atoms with Crippen molar-refractivity contribution < 1.29 is 22.7 Å². The van der Waals surface area contributed by atoms with E-state index in [2.05, 4.69) is 16.6 Å². The van der Waals surface area contributed by atoms with Gasteiger partial charge in [0.05, 0.1) is 18.1 Å². The molecule has 0 aliphatic heterocycles. The van der Waals surface area contributed by atoms with E-state index in [1.165, 1.54) is 24.3 Å². The Balaban J connectivity index is 2.22. The van der Waals surface area contributed by atoms with Crippen molar-refractivity contribution in [3.8, 4) is 11.5 Å². The predicted molar refractivity (Wildman–Crippen MR) is 109 cm³/mol. The number of rotatable bonds is 10. The lowest BCUT2D eigenvalue weighted by atomic mass is 10.2. The molecule has 0 unspecified atom stereocenters. The maximum Gasteiger partial charge on any atom is 0.255 e. The van der Waals surface area contributed by atoms with Crippen LogP contribution in [-0.4, -0.2) is 34.1 Å². The van der Waals surface area contributed by atoms with E-state index in [1.807, 2.05) is 13.8 Å². The Hall–Kier alpha value is -2.84. The number of hydrogen-bond acceptors (Lipinski definition) is 5. The van der Waals surface area contributed by atoms with Crippen molar-refractivity contribution in [2.45, 2.75) is 18.7 Å². The SMILES string of the molecule is C=CCNS(=O)(=O)c1cccc(C(=O)Nc2ccc(OCC)c(OCC)c2)c1. The van der Waals surface area contributed by atoms with Crippen molar-refractivity contribution in [3.63, 3.8) is 0 Å². The summed E-state index contributed by atoms with van der Waals surface area (Å²) in [7, 11) is -3.72. The smallest absolute Gasteiger partial charge is 0.255 e. The van der Waals surface area contributed by atoms with Gasteiger partial charge in [-0.3, -0.25) is 4.79 Å². The van der Waals surface area contributed by atoms with E-state index in [0.717, 1.165) is 0 Å². The number of sulfonamides is 1. The van der Waals surface area contributed by atoms with Crippen LogP contribution in [0.25, 0.3) is 0 Å². The lowest BCUT2D eigenvalue weighted by molar-refractivity contribution is 0.102. The Morgan fingerprint density at radius 1 is 1.07 bits per heavy atom. The van der Waals surface area contributed by atoms with Gasteiger partial charge in [0.25, 0.3) is 5.91 Å². The first-order valence-corrected chi connectivity index (χ1v) is 10.3. The first kappa shape index (κ1) is 21.5. The highest BCUT2D eigenvalue weighted by Gasteiger charge is 2.16. The third-order valence-corrected chi connectivity index (χ3v) is 5.05. The summed E-state index contributed by atoms with van der Waals surface area (Å²) in [6.45, 7) is 8.25. The van der Waals surface area contributed by atoms with Gasteiger partial charge in [0.1, 0.15) is 0 Å². The first-order valence-electron chi connectivity index (χ1n) is 8.82. The third kappa shape index (κ3) is 5.58. The van der Waals surface area contributed by atoms with Crippen molar-refractivity contribution >= 4 is 21.6 Å². The number of hydrogen-bond donors (Lipinski definition) is 2. The van der Waals surface area contributed by atoms with E-state index < -0.39 is 15.9 Å². The molecule has 0 radical (unpaired) electrons. The Kier molecular flexibility index (Phi) is 7.60. The molecule has 0 bridgehead atoms. The zero-order chi connectivity index (χ0) is 20.6. The molecule has 0 heterocycles. The highest BCUT2D eigenvalue weighted by Crippen LogP contribution is 2.30. The lowest BCUT2D eigenvalue weighted by Crippen LogP contribution is -2.24. The minimum Gasteiger partial charge on any atom is -0.490 e. The van der Waals surface area contributed by atoms with Crippen LogP contribution in [-0.2, 0) is 10.0 Å². The Morgan fingerprint density at radius 2 is 1.79 bits per heavy atom. The molecule has 150 valence electrons. The number of anilines is 1. The summed E-state index contributed by atoms with van der Waals surface area (Å²) in [4.78, 5) is 12.6. The van der Waals surface area contributed by atoms with Crippen LogP contribution >= 0.6 is 0 Å². The summed E-state index contributed by atoms with van der Waals surface area (Å²) in [5, 5.41) is 2.74. The van der Waals surface area contributed by atoms with E-state index in [1.54, 1.807) is 24.3 Å². The molecule has 0 saturated heterocycles. The maximum absolute atomic E-state index is 12.6. The number of carbonyl (C=O) groups excluding carboxylic acids is 1. The molecule has 0 fully saturated rings. The minimum absolute atomic E-state index is 0.00343. The third-order valence-electron chi connectivity index (χ3n) is 3.63. The molecule has 0 aliphatic carbocycles. The normalized spacial score (nSPS) is 10.9. The largest absolute Gasteiger partial charge is 0.490 e. The van der Waals surface area contributed by atoms with Gasteiger partial charge in [-0.2, -0.15) is 0 Å². The fourth-order valence-corrected chi connectivity index (χ4v) is 3.43. The van der Waals surface area contributed by atoms with Gasteiger partial charge in [-0.05, 0) is 44.2 Å². The van der Waals surface area contributed by atoms with E-state index in [0.29, 0.717) is 30.4 Å². The molecule has 2 rings (SSSR count). The standard InChI is InChI=1S/C20H24N2O5S/c1-4-12-21-28(24,25)17-9-7-8-15(13-17)20(23)22-16-10-11-18(26-5-2)19(14-16)27-6-3/h4,7-11,13-14,21H,1,5-6,12H2,2-3H3,(H,22,23).